The van der Waals surface area contributed by atoms with Crippen LogP contribution < -0.4 is 0 Å². The van der Waals surface area contributed by atoms with Gasteiger partial charge in [-0.3, -0.25) is 4.79 Å². The van der Waals surface area contributed by atoms with Crippen molar-refractivity contribution in [2.24, 2.45) is 0 Å². The Hall–Kier alpha value is -1.11. The molecular weight excluding hydrogens is 172 g/mol. The predicted molar refractivity (Wildman–Crippen MR) is 57.4 cm³/mol. The van der Waals surface area contributed by atoms with Crippen LogP contribution in [-0.2, 0) is 4.79 Å². The largest absolute Gasteiger partial charge is 0.300 e. The molecule has 14 heavy (non-hydrogen) atoms. The molecule has 1 nitrogen and oxygen atoms in total. The molecule has 0 aliphatic heterocycles. The van der Waals surface area contributed by atoms with Crippen molar-refractivity contribution < 1.29 is 4.79 Å². The molecule has 0 saturated heterocycles. The molecule has 0 unspecified atom stereocenters. The minimum absolute atomic E-state index is 0.439. The maximum atomic E-state index is 11.1. The van der Waals surface area contributed by atoms with Crippen molar-refractivity contribution >= 4 is 5.78 Å². The summed E-state index contributed by atoms with van der Waals surface area (Å²) in [5.74, 6) is 1.06. The quantitative estimate of drug-likeness (QED) is 0.661. The zero-order valence-corrected chi connectivity index (χ0v) is 8.62. The number of aryl methyl sites for hydroxylation is 1. The van der Waals surface area contributed by atoms with Gasteiger partial charge >= 0.3 is 0 Å². The zero-order chi connectivity index (χ0) is 9.97. The van der Waals surface area contributed by atoms with Gasteiger partial charge in [-0.1, -0.05) is 29.8 Å². The van der Waals surface area contributed by atoms with Crippen molar-refractivity contribution in [3.63, 3.8) is 0 Å². The zero-order valence-electron chi connectivity index (χ0n) is 8.62. The third kappa shape index (κ3) is 2.03. The molecule has 0 amide bonds. The van der Waals surface area contributed by atoms with E-state index >= 15 is 0 Å². The molecule has 1 aliphatic carbocycles. The predicted octanol–water partition coefficient (Wildman–Crippen LogP) is 3.22. The van der Waals surface area contributed by atoms with Crippen LogP contribution in [-0.4, -0.2) is 5.78 Å². The molecular formula is C13H16O. The fourth-order valence-electron chi connectivity index (χ4n) is 2.20. The van der Waals surface area contributed by atoms with Crippen molar-refractivity contribution in [3.05, 3.63) is 35.4 Å². The highest BCUT2D eigenvalue weighted by Gasteiger charge is 2.19. The van der Waals surface area contributed by atoms with E-state index in [0.29, 0.717) is 11.7 Å². The van der Waals surface area contributed by atoms with Gasteiger partial charge in [-0.2, -0.15) is 0 Å². The van der Waals surface area contributed by atoms with E-state index in [1.165, 1.54) is 11.1 Å². The van der Waals surface area contributed by atoms with Crippen LogP contribution in [0.3, 0.4) is 0 Å². The molecule has 0 radical (unpaired) electrons. The lowest BCUT2D eigenvalue weighted by molar-refractivity contribution is -0.120. The third-order valence-electron chi connectivity index (χ3n) is 3.06. The molecule has 1 aliphatic rings. The first-order valence-electron chi connectivity index (χ1n) is 5.34. The summed E-state index contributed by atoms with van der Waals surface area (Å²) in [7, 11) is 0. The van der Waals surface area contributed by atoms with E-state index in [9.17, 15) is 4.79 Å². The number of carbonyl (C=O) groups is 1. The van der Waals surface area contributed by atoms with Crippen LogP contribution in [0.2, 0.25) is 0 Å². The van der Waals surface area contributed by atoms with Crippen LogP contribution in [0.15, 0.2) is 24.3 Å². The van der Waals surface area contributed by atoms with Crippen LogP contribution in [0.1, 0.15) is 42.7 Å². The van der Waals surface area contributed by atoms with Crippen molar-refractivity contribution in [3.8, 4) is 0 Å². The van der Waals surface area contributed by atoms with E-state index in [2.05, 4.69) is 31.2 Å². The van der Waals surface area contributed by atoms with Crippen LogP contribution in [0.4, 0.5) is 0 Å². The molecule has 0 atom stereocenters. The molecule has 2 rings (SSSR count). The third-order valence-corrected chi connectivity index (χ3v) is 3.06. The first-order valence-corrected chi connectivity index (χ1v) is 5.34. The Bertz CT molecular complexity index is 331. The number of carbonyl (C=O) groups excluding carboxylic acids is 1. The molecule has 1 heteroatoms. The van der Waals surface area contributed by atoms with Crippen molar-refractivity contribution in [2.75, 3.05) is 0 Å². The van der Waals surface area contributed by atoms with Crippen molar-refractivity contribution in [1.82, 2.24) is 0 Å². The molecule has 0 N–H and O–H groups in total. The van der Waals surface area contributed by atoms with Gasteiger partial charge < -0.3 is 0 Å². The van der Waals surface area contributed by atoms with Gasteiger partial charge in [0.25, 0.3) is 0 Å². The number of Topliss-reactive ketones (excluding diaryl/α,β-unsaturated/α-hetero) is 1. The van der Waals surface area contributed by atoms with Gasteiger partial charge in [-0.25, -0.2) is 0 Å². The van der Waals surface area contributed by atoms with Gasteiger partial charge in [0, 0.05) is 12.8 Å². The smallest absolute Gasteiger partial charge is 0.132 e. The van der Waals surface area contributed by atoms with Gasteiger partial charge in [-0.05, 0) is 31.2 Å². The number of hydrogen-bond donors (Lipinski definition) is 0. The number of rotatable bonds is 1. The van der Waals surface area contributed by atoms with E-state index in [4.69, 9.17) is 0 Å². The summed E-state index contributed by atoms with van der Waals surface area (Å²) >= 11 is 0. The minimum Gasteiger partial charge on any atom is -0.300 e. The highest BCUT2D eigenvalue weighted by atomic mass is 16.1. The Morgan fingerprint density at radius 2 is 1.93 bits per heavy atom. The molecule has 1 aromatic rings. The topological polar surface area (TPSA) is 17.1 Å². The monoisotopic (exact) mass is 188 g/mol. The maximum absolute atomic E-state index is 11.1. The van der Waals surface area contributed by atoms with E-state index in [1.807, 2.05) is 0 Å². The second kappa shape index (κ2) is 3.95. The van der Waals surface area contributed by atoms with Gasteiger partial charge in [0.1, 0.15) is 5.78 Å². The highest BCUT2D eigenvalue weighted by Crippen LogP contribution is 2.31. The van der Waals surface area contributed by atoms with E-state index < -0.39 is 0 Å². The van der Waals surface area contributed by atoms with Crippen LogP contribution in [0, 0.1) is 6.92 Å². The Balaban J connectivity index is 2.12. The molecule has 0 heterocycles. The molecule has 1 fully saturated rings. The molecule has 0 spiro atoms. The lowest BCUT2D eigenvalue weighted by Gasteiger charge is -2.21. The number of benzene rings is 1. The summed E-state index contributed by atoms with van der Waals surface area (Å²) in [6.45, 7) is 2.12. The first kappa shape index (κ1) is 9.45. The van der Waals surface area contributed by atoms with Crippen molar-refractivity contribution in [2.45, 2.75) is 38.5 Å². The Labute approximate surface area is 85.1 Å². The molecule has 1 aromatic carbocycles. The minimum atomic E-state index is 0.439. The lowest BCUT2D eigenvalue weighted by Crippen LogP contribution is -2.12. The normalized spacial score (nSPS) is 18.5. The molecule has 0 bridgehead atoms. The summed E-state index contributed by atoms with van der Waals surface area (Å²) < 4.78 is 0. The fraction of sp³-hybridized carbons (Fsp3) is 0.462. The SMILES string of the molecule is Cc1cccc(C2CCC(=O)CC2)c1. The van der Waals surface area contributed by atoms with Crippen molar-refractivity contribution in [1.29, 1.82) is 0 Å². The molecule has 1 saturated carbocycles. The Kier molecular flexibility index (Phi) is 2.67. The van der Waals surface area contributed by atoms with Gasteiger partial charge in [0.15, 0.2) is 0 Å². The fourth-order valence-corrected chi connectivity index (χ4v) is 2.20. The summed E-state index contributed by atoms with van der Waals surface area (Å²) in [4.78, 5) is 11.1. The average molecular weight is 188 g/mol. The molecule has 74 valence electrons. The average Bonchev–Trinajstić information content (AvgIpc) is 2.19. The van der Waals surface area contributed by atoms with Crippen LogP contribution >= 0.6 is 0 Å². The van der Waals surface area contributed by atoms with E-state index in [1.54, 1.807) is 0 Å². The number of hydrogen-bond acceptors (Lipinski definition) is 1. The summed E-state index contributed by atoms with van der Waals surface area (Å²) in [5, 5.41) is 0. The van der Waals surface area contributed by atoms with Gasteiger partial charge in [0.2, 0.25) is 0 Å². The first-order chi connectivity index (χ1) is 6.75. The maximum Gasteiger partial charge on any atom is 0.132 e. The van der Waals surface area contributed by atoms with Gasteiger partial charge in [0.05, 0.1) is 0 Å². The molecule has 0 aromatic heterocycles. The van der Waals surface area contributed by atoms with Crippen LogP contribution in [0.5, 0.6) is 0 Å². The summed E-state index contributed by atoms with van der Waals surface area (Å²) in [6, 6.07) is 8.67. The second-order valence-corrected chi connectivity index (χ2v) is 4.23. The van der Waals surface area contributed by atoms with Crippen LogP contribution in [0.25, 0.3) is 0 Å². The second-order valence-electron chi connectivity index (χ2n) is 4.23. The lowest BCUT2D eigenvalue weighted by atomic mass is 9.83. The van der Waals surface area contributed by atoms with E-state index in [-0.39, 0.29) is 0 Å². The highest BCUT2D eigenvalue weighted by molar-refractivity contribution is 5.79. The Morgan fingerprint density at radius 3 is 2.57 bits per heavy atom. The van der Waals surface area contributed by atoms with Gasteiger partial charge in [-0.15, -0.1) is 0 Å². The van der Waals surface area contributed by atoms with E-state index in [0.717, 1.165) is 25.7 Å². The summed E-state index contributed by atoms with van der Waals surface area (Å²) in [6.07, 6.45) is 3.64. The number of ketones is 1. The summed E-state index contributed by atoms with van der Waals surface area (Å²) in [5.41, 5.74) is 2.73. The standard InChI is InChI=1S/C13H16O/c1-10-3-2-4-12(9-10)11-5-7-13(14)8-6-11/h2-4,9,11H,5-8H2,1H3. The Morgan fingerprint density at radius 1 is 1.21 bits per heavy atom.